The summed E-state index contributed by atoms with van der Waals surface area (Å²) in [5.41, 5.74) is 2.51. The quantitative estimate of drug-likeness (QED) is 0.206. The van der Waals surface area contributed by atoms with Crippen LogP contribution in [0.5, 0.6) is 6.01 Å². The molecule has 0 radical (unpaired) electrons. The topological polar surface area (TPSA) is 70.4 Å². The molecule has 0 N–H and O–H groups in total. The Morgan fingerprint density at radius 3 is 2.37 bits per heavy atom. The van der Waals surface area contributed by atoms with Gasteiger partial charge in [0.15, 0.2) is 13.6 Å². The monoisotopic (exact) mass is 480 g/mol. The largest absolute Gasteiger partial charge is 0.465 e. The number of ether oxygens (including phenoxy) is 2. The molecular weight excluding hydrogens is 446 g/mol. The lowest BCUT2D eigenvalue weighted by Gasteiger charge is -2.20. The van der Waals surface area contributed by atoms with Gasteiger partial charge in [-0.05, 0) is 58.7 Å². The number of aromatic nitrogens is 2. The minimum atomic E-state index is -0.631. The molecule has 0 saturated heterocycles. The Hall–Kier alpha value is -3.42. The number of carbonyl (C=O) groups excluding carboxylic acids is 2. The van der Waals surface area contributed by atoms with Crippen LogP contribution in [0.4, 0.5) is 4.39 Å². The van der Waals surface area contributed by atoms with E-state index in [0.717, 1.165) is 11.9 Å². The zero-order valence-corrected chi connectivity index (χ0v) is 21.6. The van der Waals surface area contributed by atoms with E-state index < -0.39 is 17.4 Å². The fourth-order valence-corrected chi connectivity index (χ4v) is 3.50. The van der Waals surface area contributed by atoms with Crippen molar-refractivity contribution in [2.24, 2.45) is 0 Å². The average molecular weight is 480 g/mol. The number of nitrogens with zero attached hydrogens (tertiary/aromatic N) is 2. The molecule has 6 nitrogen and oxygen atoms in total. The lowest BCUT2D eigenvalue weighted by Crippen LogP contribution is -2.24. The molecule has 0 atom stereocenters. The van der Waals surface area contributed by atoms with Crippen molar-refractivity contribution in [2.75, 3.05) is 6.61 Å². The summed E-state index contributed by atoms with van der Waals surface area (Å²) in [6.07, 6.45) is 5.96. The number of imidazole rings is 1. The van der Waals surface area contributed by atoms with E-state index in [1.54, 1.807) is 28.9 Å². The highest BCUT2D eigenvalue weighted by atomic mass is 19.1. The van der Waals surface area contributed by atoms with Crippen LogP contribution >= 0.6 is 0 Å². The molecule has 1 aromatic heterocycles. The van der Waals surface area contributed by atoms with E-state index in [-0.39, 0.29) is 12.6 Å². The van der Waals surface area contributed by atoms with Gasteiger partial charge in [0.25, 0.3) is 6.01 Å². The zero-order chi connectivity index (χ0) is 26.2. The SMILES string of the molecule is CBc1nc(OCC)n(CC(/C=C\C(=C/C)c2ccccc2C(=O)OC(C)(C)C)=C(/C)F)c1C=O. The van der Waals surface area contributed by atoms with Crippen LogP contribution in [0.2, 0.25) is 6.82 Å². The maximum Gasteiger partial charge on any atom is 0.339 e. The predicted octanol–water partition coefficient (Wildman–Crippen LogP) is 5.06. The van der Waals surface area contributed by atoms with Crippen LogP contribution in [0, 0.1) is 0 Å². The minimum absolute atomic E-state index is 0.0694. The molecule has 8 heteroatoms. The van der Waals surface area contributed by atoms with E-state index in [9.17, 15) is 14.0 Å². The number of aldehydes is 1. The van der Waals surface area contributed by atoms with Gasteiger partial charge in [0, 0.05) is 11.2 Å². The summed E-state index contributed by atoms with van der Waals surface area (Å²) < 4.78 is 27.4. The van der Waals surface area contributed by atoms with Gasteiger partial charge in [-0.3, -0.25) is 9.36 Å². The summed E-state index contributed by atoms with van der Waals surface area (Å²) >= 11 is 0. The van der Waals surface area contributed by atoms with Gasteiger partial charge in [0.05, 0.1) is 24.4 Å². The van der Waals surface area contributed by atoms with Gasteiger partial charge >= 0.3 is 5.97 Å². The van der Waals surface area contributed by atoms with Crippen LogP contribution in [0.15, 0.2) is 53.9 Å². The van der Waals surface area contributed by atoms with Gasteiger partial charge in [-0.25, -0.2) is 14.2 Å². The van der Waals surface area contributed by atoms with E-state index in [4.69, 9.17) is 9.47 Å². The fraction of sp³-hybridized carbons (Fsp3) is 0.370. The molecule has 0 fully saturated rings. The average Bonchev–Trinajstić information content (AvgIpc) is 3.14. The third-order valence-electron chi connectivity index (χ3n) is 5.17. The molecule has 0 spiro atoms. The number of rotatable bonds is 10. The molecule has 0 aliphatic heterocycles. The molecule has 2 aromatic rings. The molecule has 0 unspecified atom stereocenters. The number of carbonyl (C=O) groups is 2. The molecule has 35 heavy (non-hydrogen) atoms. The van der Waals surface area contributed by atoms with Crippen molar-refractivity contribution >= 4 is 30.7 Å². The summed E-state index contributed by atoms with van der Waals surface area (Å²) in [5, 5.41) is 0. The summed E-state index contributed by atoms with van der Waals surface area (Å²) in [7, 11) is 0.550. The molecule has 0 amide bonds. The summed E-state index contributed by atoms with van der Waals surface area (Å²) in [6.45, 7) is 12.8. The van der Waals surface area contributed by atoms with Crippen LogP contribution in [0.3, 0.4) is 0 Å². The number of halogens is 1. The van der Waals surface area contributed by atoms with Crippen molar-refractivity contribution < 1.29 is 23.5 Å². The molecule has 186 valence electrons. The minimum Gasteiger partial charge on any atom is -0.465 e. The third kappa shape index (κ3) is 7.28. The van der Waals surface area contributed by atoms with Gasteiger partial charge in [-0.2, -0.15) is 0 Å². The Balaban J connectivity index is 2.44. The van der Waals surface area contributed by atoms with Gasteiger partial charge < -0.3 is 9.47 Å². The first-order valence-electron chi connectivity index (χ1n) is 11.8. The lowest BCUT2D eigenvalue weighted by atomic mass is 9.77. The fourth-order valence-electron chi connectivity index (χ4n) is 3.50. The molecular formula is C27H34BFN2O4. The van der Waals surface area contributed by atoms with E-state index in [2.05, 4.69) is 4.98 Å². The van der Waals surface area contributed by atoms with Crippen LogP contribution in [0.25, 0.3) is 5.57 Å². The van der Waals surface area contributed by atoms with Gasteiger partial charge in [-0.1, -0.05) is 43.3 Å². The first-order chi connectivity index (χ1) is 16.6. The molecule has 0 bridgehead atoms. The Labute approximate surface area is 207 Å². The Kier molecular flexibility index (Phi) is 9.81. The van der Waals surface area contributed by atoms with Crippen molar-refractivity contribution in [1.82, 2.24) is 9.55 Å². The molecule has 0 aliphatic carbocycles. The summed E-state index contributed by atoms with van der Waals surface area (Å²) in [6, 6.07) is 7.42. The smallest absolute Gasteiger partial charge is 0.339 e. The molecule has 0 aliphatic rings. The standard InChI is InChI=1S/C27H34BFN2O4/c1-8-19(21-12-10-11-13-22(21)25(33)35-27(4,5)6)14-15-20(18(3)29)16-31-23(17-32)24(28-7)30-26(31)34-9-2/h8,10-15,17,28H,9,16H2,1-7H3/b15-14-,19-8+,20-18-. The summed E-state index contributed by atoms with van der Waals surface area (Å²) in [4.78, 5) is 29.0. The Bertz CT molecular complexity index is 1150. The molecule has 0 saturated carbocycles. The van der Waals surface area contributed by atoms with E-state index >= 15 is 0 Å². The van der Waals surface area contributed by atoms with E-state index in [1.807, 2.05) is 59.7 Å². The normalized spacial score (nSPS) is 13.0. The van der Waals surface area contributed by atoms with Crippen molar-refractivity contribution in [3.05, 3.63) is 70.7 Å². The second kappa shape index (κ2) is 12.3. The summed E-state index contributed by atoms with van der Waals surface area (Å²) in [5.74, 6) is -0.830. The lowest BCUT2D eigenvalue weighted by molar-refractivity contribution is 0.00691. The predicted molar refractivity (Wildman–Crippen MR) is 140 cm³/mol. The third-order valence-corrected chi connectivity index (χ3v) is 5.17. The van der Waals surface area contributed by atoms with E-state index in [0.29, 0.717) is 41.9 Å². The number of hydrogen-bond acceptors (Lipinski definition) is 5. The Morgan fingerprint density at radius 1 is 1.20 bits per heavy atom. The first-order valence-corrected chi connectivity index (χ1v) is 11.8. The molecule has 1 aromatic carbocycles. The van der Waals surface area contributed by atoms with Crippen molar-refractivity contribution in [3.63, 3.8) is 0 Å². The van der Waals surface area contributed by atoms with Crippen molar-refractivity contribution in [3.8, 4) is 6.01 Å². The van der Waals surface area contributed by atoms with Crippen LogP contribution in [0.1, 0.15) is 68.0 Å². The second-order valence-corrected chi connectivity index (χ2v) is 8.90. The number of hydrogen-bond donors (Lipinski definition) is 0. The maximum atomic E-state index is 14.6. The first kappa shape index (κ1) is 27.8. The second-order valence-electron chi connectivity index (χ2n) is 8.90. The number of esters is 1. The van der Waals surface area contributed by atoms with Crippen molar-refractivity contribution in [2.45, 2.75) is 60.5 Å². The highest BCUT2D eigenvalue weighted by molar-refractivity contribution is 6.52. The maximum absolute atomic E-state index is 14.6. The number of benzene rings is 1. The van der Waals surface area contributed by atoms with Gasteiger partial charge in [0.2, 0.25) is 0 Å². The number of allylic oxidation sites excluding steroid dienone is 6. The molecule has 1 heterocycles. The van der Waals surface area contributed by atoms with Crippen LogP contribution in [-0.4, -0.2) is 41.3 Å². The van der Waals surface area contributed by atoms with Crippen molar-refractivity contribution in [1.29, 1.82) is 0 Å². The zero-order valence-electron chi connectivity index (χ0n) is 21.6. The van der Waals surface area contributed by atoms with Gasteiger partial charge in [-0.15, -0.1) is 0 Å². The highest BCUT2D eigenvalue weighted by Crippen LogP contribution is 2.25. The van der Waals surface area contributed by atoms with Crippen LogP contribution in [-0.2, 0) is 11.3 Å². The Morgan fingerprint density at radius 2 is 1.86 bits per heavy atom. The highest BCUT2D eigenvalue weighted by Gasteiger charge is 2.21. The van der Waals surface area contributed by atoms with E-state index in [1.165, 1.54) is 6.92 Å². The molecule has 2 rings (SSSR count). The van der Waals surface area contributed by atoms with Crippen LogP contribution < -0.4 is 10.3 Å². The van der Waals surface area contributed by atoms with Gasteiger partial charge in [0.1, 0.15) is 11.4 Å².